The molecule has 0 unspecified atom stereocenters. The zero-order chi connectivity index (χ0) is 51.1. The van der Waals surface area contributed by atoms with Gasteiger partial charge < -0.3 is 18.6 Å². The fraction of sp³-hybridized carbons (Fsp3) is 0.130. The van der Waals surface area contributed by atoms with Crippen molar-refractivity contribution in [2.75, 3.05) is 9.80 Å². The molecule has 0 aliphatic heterocycles. The van der Waals surface area contributed by atoms with Crippen LogP contribution in [0.4, 0.5) is 34.1 Å². The Hall–Kier alpha value is -8.17. The summed E-state index contributed by atoms with van der Waals surface area (Å²) in [7, 11) is -4.41. The molecule has 0 N–H and O–H groups in total. The quantitative estimate of drug-likeness (QED) is 0.112. The molecule has 1 aliphatic rings. The SMILES string of the molecule is Cc1cccc(N(c2ccc3c4c(ccc3c2)-c2c(c3ccc(N(c5cccc(C)c5)c5cccc6c5oc5ccccc56)cc3c3ccccc23)C4([Si](C)(C)C)[Si](C)(C)C)c2cccc3c2oc2ccccc23)c1. The van der Waals surface area contributed by atoms with Gasteiger partial charge in [0, 0.05) is 49.0 Å². The molecule has 1 aliphatic carbocycles. The first-order chi connectivity index (χ1) is 36.3. The Morgan fingerprint density at radius 3 is 1.36 bits per heavy atom. The lowest BCUT2D eigenvalue weighted by Crippen LogP contribution is -2.63. The maximum atomic E-state index is 6.79. The number of benzene rings is 11. The number of anilines is 6. The van der Waals surface area contributed by atoms with Crippen molar-refractivity contribution in [3.63, 3.8) is 0 Å². The van der Waals surface area contributed by atoms with Crippen molar-refractivity contribution in [1.82, 2.24) is 0 Å². The Kier molecular flexibility index (Phi) is 9.95. The molecule has 75 heavy (non-hydrogen) atoms. The van der Waals surface area contributed by atoms with Gasteiger partial charge in [-0.15, -0.1) is 0 Å². The summed E-state index contributed by atoms with van der Waals surface area (Å²) in [5.41, 5.74) is 18.3. The van der Waals surface area contributed by atoms with Crippen LogP contribution >= 0.6 is 0 Å². The maximum absolute atomic E-state index is 6.79. The van der Waals surface area contributed by atoms with Gasteiger partial charge in [0.25, 0.3) is 0 Å². The molecule has 0 radical (unpaired) electrons. The number of fused-ring (bicyclic) bond motifs is 16. The van der Waals surface area contributed by atoms with Crippen molar-refractivity contribution in [2.24, 2.45) is 0 Å². The highest BCUT2D eigenvalue weighted by Crippen LogP contribution is 2.63. The molecule has 11 aromatic carbocycles. The van der Waals surface area contributed by atoms with Gasteiger partial charge >= 0.3 is 0 Å². The van der Waals surface area contributed by atoms with Crippen LogP contribution in [0.25, 0.3) is 87.3 Å². The van der Waals surface area contributed by atoms with Gasteiger partial charge in [-0.3, -0.25) is 0 Å². The number of hydrogen-bond donors (Lipinski definition) is 0. The molecular weight excluding hydrogens is 945 g/mol. The minimum atomic E-state index is -2.21. The van der Waals surface area contributed by atoms with Crippen LogP contribution in [0.1, 0.15) is 22.3 Å². The zero-order valence-corrected chi connectivity index (χ0v) is 45.8. The standard InChI is InChI=1S/C69H58N2O2Si2/c1-43-19-15-21-46(39-43)70(60-29-17-27-56-52-24-11-13-31-62(52)72-67(56)60)48-34-37-50-45(41-48)33-36-58-64-54-26-10-9-23-51(54)59-42-49(35-38-55(59)66(64)69(65(50)58,74(3,4)5)75(6,7)8)71(47-22-16-20-44(2)40-47)61-30-18-28-57-53-25-12-14-32-63(53)73-68(57)61/h9-42H,1-8H3. The van der Waals surface area contributed by atoms with Gasteiger partial charge in [-0.25, -0.2) is 0 Å². The number of hydrogen-bond acceptors (Lipinski definition) is 4. The van der Waals surface area contributed by atoms with Crippen molar-refractivity contribution in [1.29, 1.82) is 0 Å². The summed E-state index contributed by atoms with van der Waals surface area (Å²) in [5, 5.41) is 12.3. The van der Waals surface area contributed by atoms with Crippen LogP contribution in [-0.2, 0) is 4.66 Å². The van der Waals surface area contributed by atoms with E-state index in [4.69, 9.17) is 8.83 Å². The van der Waals surface area contributed by atoms with Crippen molar-refractivity contribution in [2.45, 2.75) is 57.8 Å². The zero-order valence-electron chi connectivity index (χ0n) is 43.8. The molecule has 2 aromatic heterocycles. The second-order valence-electron chi connectivity index (χ2n) is 23.0. The summed E-state index contributed by atoms with van der Waals surface area (Å²) in [5.74, 6) is 0. The topological polar surface area (TPSA) is 32.8 Å². The van der Waals surface area contributed by atoms with E-state index >= 15 is 0 Å². The average molecular weight is 1000 g/mol. The molecule has 2 heterocycles. The number of nitrogens with zero attached hydrogens (tertiary/aromatic N) is 2. The monoisotopic (exact) mass is 1000 g/mol. The molecule has 0 amide bonds. The van der Waals surface area contributed by atoms with Crippen LogP contribution in [0.5, 0.6) is 0 Å². The lowest BCUT2D eigenvalue weighted by molar-refractivity contribution is 0.668. The van der Waals surface area contributed by atoms with Gasteiger partial charge in [0.1, 0.15) is 11.2 Å². The van der Waals surface area contributed by atoms with E-state index in [1.807, 2.05) is 0 Å². The Morgan fingerprint density at radius 1 is 0.347 bits per heavy atom. The van der Waals surface area contributed by atoms with Crippen molar-refractivity contribution in [3.8, 4) is 11.1 Å². The van der Waals surface area contributed by atoms with Gasteiger partial charge in [0.2, 0.25) is 0 Å². The summed E-state index contributed by atoms with van der Waals surface area (Å²) in [4.78, 5) is 4.81. The third-order valence-corrected chi connectivity index (χ3v) is 26.6. The van der Waals surface area contributed by atoms with Gasteiger partial charge in [-0.1, -0.05) is 173 Å². The molecule has 364 valence electrons. The normalized spacial score (nSPS) is 13.4. The molecule has 0 atom stereocenters. The second kappa shape index (κ2) is 16.4. The van der Waals surface area contributed by atoms with Crippen LogP contribution in [0.2, 0.25) is 39.3 Å². The maximum Gasteiger partial charge on any atom is 0.159 e. The first-order valence-electron chi connectivity index (χ1n) is 26.4. The molecular formula is C69H58N2O2Si2. The molecule has 0 fully saturated rings. The van der Waals surface area contributed by atoms with E-state index in [-0.39, 0.29) is 4.66 Å². The van der Waals surface area contributed by atoms with E-state index in [2.05, 4.69) is 269 Å². The van der Waals surface area contributed by atoms with E-state index in [0.717, 1.165) is 78.0 Å². The molecule has 14 rings (SSSR count). The molecule has 0 spiro atoms. The Morgan fingerprint density at radius 2 is 0.813 bits per heavy atom. The highest BCUT2D eigenvalue weighted by atomic mass is 28.4. The minimum absolute atomic E-state index is 0.165. The Balaban J connectivity index is 1.02. The average Bonchev–Trinajstić information content (AvgIpc) is 4.24. The van der Waals surface area contributed by atoms with E-state index in [0.29, 0.717) is 0 Å². The van der Waals surface area contributed by atoms with Crippen LogP contribution in [0.15, 0.2) is 215 Å². The Bertz CT molecular complexity index is 4500. The van der Waals surface area contributed by atoms with Gasteiger partial charge in [-0.05, 0) is 152 Å². The Labute approximate surface area is 440 Å². The van der Waals surface area contributed by atoms with Crippen molar-refractivity contribution < 1.29 is 8.83 Å². The molecule has 0 bridgehead atoms. The largest absolute Gasteiger partial charge is 0.454 e. The first kappa shape index (κ1) is 45.4. The van der Waals surface area contributed by atoms with E-state index < -0.39 is 16.1 Å². The molecule has 0 saturated heterocycles. The first-order valence-corrected chi connectivity index (χ1v) is 33.4. The fourth-order valence-corrected chi connectivity index (χ4v) is 27.1. The molecule has 13 aromatic rings. The molecule has 0 saturated carbocycles. The van der Waals surface area contributed by atoms with E-state index in [9.17, 15) is 0 Å². The third-order valence-electron chi connectivity index (χ3n) is 16.6. The van der Waals surface area contributed by atoms with Crippen LogP contribution in [0, 0.1) is 13.8 Å². The summed E-state index contributed by atoms with van der Waals surface area (Å²) in [6.07, 6.45) is 0. The highest BCUT2D eigenvalue weighted by Gasteiger charge is 2.60. The molecule has 6 heteroatoms. The van der Waals surface area contributed by atoms with Crippen molar-refractivity contribution in [3.05, 3.63) is 229 Å². The van der Waals surface area contributed by atoms with Crippen LogP contribution in [-0.4, -0.2) is 16.1 Å². The third kappa shape index (κ3) is 6.59. The van der Waals surface area contributed by atoms with Gasteiger partial charge in [-0.2, -0.15) is 0 Å². The predicted molar refractivity (Wildman–Crippen MR) is 325 cm³/mol. The van der Waals surface area contributed by atoms with Crippen molar-refractivity contribution >= 4 is 126 Å². The van der Waals surface area contributed by atoms with Crippen LogP contribution in [0.3, 0.4) is 0 Å². The number of aryl methyl sites for hydroxylation is 2. The summed E-state index contributed by atoms with van der Waals surface area (Å²) in [6, 6.07) is 76.4. The summed E-state index contributed by atoms with van der Waals surface area (Å²) >= 11 is 0. The summed E-state index contributed by atoms with van der Waals surface area (Å²) < 4.78 is 13.4. The fourth-order valence-electron chi connectivity index (χ4n) is 14.0. The van der Waals surface area contributed by atoms with E-state index in [1.165, 1.54) is 65.7 Å². The van der Waals surface area contributed by atoms with Gasteiger partial charge in [0.05, 0.1) is 27.5 Å². The minimum Gasteiger partial charge on any atom is -0.454 e. The van der Waals surface area contributed by atoms with E-state index in [1.54, 1.807) is 0 Å². The number of furan rings is 2. The van der Waals surface area contributed by atoms with Gasteiger partial charge in [0.15, 0.2) is 11.2 Å². The number of rotatable bonds is 8. The smallest absolute Gasteiger partial charge is 0.159 e. The van der Waals surface area contributed by atoms with Crippen LogP contribution < -0.4 is 9.80 Å². The number of para-hydroxylation sites is 4. The lowest BCUT2D eigenvalue weighted by Gasteiger charge is -2.52. The molecule has 4 nitrogen and oxygen atoms in total. The lowest BCUT2D eigenvalue weighted by atomic mass is 9.91. The second-order valence-corrected chi connectivity index (χ2v) is 34.0. The highest BCUT2D eigenvalue weighted by molar-refractivity contribution is 7.00. The predicted octanol–water partition coefficient (Wildman–Crippen LogP) is 20.5. The summed E-state index contributed by atoms with van der Waals surface area (Å²) in [6.45, 7) is 20.2.